The summed E-state index contributed by atoms with van der Waals surface area (Å²) in [5.74, 6) is -0.486. The van der Waals surface area contributed by atoms with Crippen LogP contribution >= 0.6 is 0 Å². The summed E-state index contributed by atoms with van der Waals surface area (Å²) in [6.07, 6.45) is 0.877. The zero-order valence-corrected chi connectivity index (χ0v) is 11.7. The lowest BCUT2D eigenvalue weighted by molar-refractivity contribution is 0.0692. The fraction of sp³-hybridized carbons (Fsp3) is 0.267. The largest absolute Gasteiger partial charge is 0.477 e. The van der Waals surface area contributed by atoms with Crippen molar-refractivity contribution in [3.63, 3.8) is 0 Å². The van der Waals surface area contributed by atoms with E-state index in [-0.39, 0.29) is 11.4 Å². The van der Waals surface area contributed by atoms with Gasteiger partial charge in [0.05, 0.1) is 5.69 Å². The van der Waals surface area contributed by atoms with Crippen molar-refractivity contribution in [3.05, 3.63) is 46.6 Å². The van der Waals surface area contributed by atoms with Gasteiger partial charge in [-0.15, -0.1) is 5.10 Å². The van der Waals surface area contributed by atoms with Crippen LogP contribution in [0.4, 0.5) is 0 Å². The van der Waals surface area contributed by atoms with E-state index in [2.05, 4.69) is 10.2 Å². The van der Waals surface area contributed by atoms with E-state index >= 15 is 0 Å². The Balaban J connectivity index is 2.43. The van der Waals surface area contributed by atoms with Gasteiger partial charge in [0.15, 0.2) is 0 Å². The number of aromatic carboxylic acids is 1. The van der Waals surface area contributed by atoms with E-state index in [9.17, 15) is 9.90 Å². The van der Waals surface area contributed by atoms with E-state index in [4.69, 9.17) is 4.74 Å². The first kappa shape index (κ1) is 14.0. The molecular weight excluding hydrogens is 256 g/mol. The SMILES string of the molecule is CCc1cccc(Oc2nnc(C)c(C)c2C(=O)O)c1. The van der Waals surface area contributed by atoms with Crippen molar-refractivity contribution in [1.29, 1.82) is 0 Å². The molecule has 0 saturated carbocycles. The highest BCUT2D eigenvalue weighted by atomic mass is 16.5. The maximum absolute atomic E-state index is 11.4. The Morgan fingerprint density at radius 1 is 1.30 bits per heavy atom. The molecule has 20 heavy (non-hydrogen) atoms. The minimum Gasteiger partial charge on any atom is -0.477 e. The van der Waals surface area contributed by atoms with Gasteiger partial charge in [-0.25, -0.2) is 4.79 Å². The number of aromatic nitrogens is 2. The summed E-state index contributed by atoms with van der Waals surface area (Å²) in [6, 6.07) is 7.48. The van der Waals surface area contributed by atoms with Crippen LogP contribution < -0.4 is 4.74 Å². The highest BCUT2D eigenvalue weighted by Crippen LogP contribution is 2.26. The Labute approximate surface area is 117 Å². The topological polar surface area (TPSA) is 72.3 Å². The first-order valence-corrected chi connectivity index (χ1v) is 6.37. The Hall–Kier alpha value is -2.43. The lowest BCUT2D eigenvalue weighted by Crippen LogP contribution is -2.08. The molecule has 1 aromatic heterocycles. The van der Waals surface area contributed by atoms with E-state index < -0.39 is 5.97 Å². The third-order valence-electron chi connectivity index (χ3n) is 3.16. The van der Waals surface area contributed by atoms with E-state index in [1.54, 1.807) is 19.9 Å². The summed E-state index contributed by atoms with van der Waals surface area (Å²) in [6.45, 7) is 5.46. The van der Waals surface area contributed by atoms with Crippen LogP contribution in [0.3, 0.4) is 0 Å². The lowest BCUT2D eigenvalue weighted by atomic mass is 10.1. The van der Waals surface area contributed by atoms with Crippen LogP contribution in [-0.4, -0.2) is 21.3 Å². The first-order valence-electron chi connectivity index (χ1n) is 6.37. The van der Waals surface area contributed by atoms with Crippen LogP contribution in [0.15, 0.2) is 24.3 Å². The second-order valence-corrected chi connectivity index (χ2v) is 4.50. The van der Waals surface area contributed by atoms with Crippen molar-refractivity contribution >= 4 is 5.97 Å². The van der Waals surface area contributed by atoms with Crippen molar-refractivity contribution in [2.45, 2.75) is 27.2 Å². The van der Waals surface area contributed by atoms with Crippen LogP contribution in [0, 0.1) is 13.8 Å². The van der Waals surface area contributed by atoms with Gasteiger partial charge in [0.1, 0.15) is 11.3 Å². The van der Waals surface area contributed by atoms with Crippen molar-refractivity contribution in [2.24, 2.45) is 0 Å². The standard InChI is InChI=1S/C15H16N2O3/c1-4-11-6-5-7-12(8-11)20-14-13(15(18)19)9(2)10(3)16-17-14/h5-8H,4H2,1-3H3,(H,18,19). The minimum atomic E-state index is -1.07. The maximum Gasteiger partial charge on any atom is 0.341 e. The smallest absolute Gasteiger partial charge is 0.341 e. The molecule has 1 aromatic carbocycles. The summed E-state index contributed by atoms with van der Waals surface area (Å²) >= 11 is 0. The van der Waals surface area contributed by atoms with Gasteiger partial charge < -0.3 is 9.84 Å². The molecule has 0 fully saturated rings. The molecule has 1 N–H and O–H groups in total. The predicted octanol–water partition coefficient (Wildman–Crippen LogP) is 3.15. The summed E-state index contributed by atoms with van der Waals surface area (Å²) in [5, 5.41) is 17.1. The molecule has 0 unspecified atom stereocenters. The van der Waals surface area contributed by atoms with E-state index in [0.717, 1.165) is 12.0 Å². The number of rotatable bonds is 4. The molecule has 0 bridgehead atoms. The van der Waals surface area contributed by atoms with Gasteiger partial charge >= 0.3 is 5.97 Å². The van der Waals surface area contributed by atoms with Crippen molar-refractivity contribution in [1.82, 2.24) is 10.2 Å². The monoisotopic (exact) mass is 272 g/mol. The van der Waals surface area contributed by atoms with Gasteiger partial charge in [-0.05, 0) is 43.5 Å². The number of carboxylic acid groups (broad SMARTS) is 1. The third kappa shape index (κ3) is 2.77. The zero-order valence-electron chi connectivity index (χ0n) is 11.7. The third-order valence-corrected chi connectivity index (χ3v) is 3.16. The van der Waals surface area contributed by atoms with Crippen molar-refractivity contribution in [2.75, 3.05) is 0 Å². The number of nitrogens with zero attached hydrogens (tertiary/aromatic N) is 2. The molecule has 5 nitrogen and oxygen atoms in total. The van der Waals surface area contributed by atoms with E-state index in [0.29, 0.717) is 17.0 Å². The number of benzene rings is 1. The van der Waals surface area contributed by atoms with Gasteiger partial charge in [-0.1, -0.05) is 19.1 Å². The summed E-state index contributed by atoms with van der Waals surface area (Å²) in [7, 11) is 0. The molecular formula is C15H16N2O3. The Kier molecular flexibility index (Phi) is 3.98. The van der Waals surface area contributed by atoms with Crippen molar-refractivity contribution in [3.8, 4) is 11.6 Å². The molecule has 1 heterocycles. The van der Waals surface area contributed by atoms with Crippen LogP contribution in [0.5, 0.6) is 11.6 Å². The van der Waals surface area contributed by atoms with E-state index in [1.807, 2.05) is 25.1 Å². The number of carbonyl (C=O) groups is 1. The molecule has 0 saturated heterocycles. The van der Waals surface area contributed by atoms with Crippen LogP contribution in [0.2, 0.25) is 0 Å². The molecule has 0 spiro atoms. The Morgan fingerprint density at radius 2 is 2.05 bits per heavy atom. The van der Waals surface area contributed by atoms with Gasteiger partial charge in [0.2, 0.25) is 0 Å². The second kappa shape index (κ2) is 5.69. The van der Waals surface area contributed by atoms with Crippen LogP contribution in [0.1, 0.15) is 34.1 Å². The fourth-order valence-electron chi connectivity index (χ4n) is 1.85. The minimum absolute atomic E-state index is 0.0221. The molecule has 0 aliphatic carbocycles. The summed E-state index contributed by atoms with van der Waals surface area (Å²) in [4.78, 5) is 11.4. The van der Waals surface area contributed by atoms with Crippen LogP contribution in [0.25, 0.3) is 0 Å². The van der Waals surface area contributed by atoms with Gasteiger partial charge in [0.25, 0.3) is 5.88 Å². The molecule has 0 amide bonds. The molecule has 2 aromatic rings. The lowest BCUT2D eigenvalue weighted by Gasteiger charge is -2.10. The predicted molar refractivity (Wildman–Crippen MR) is 74.4 cm³/mol. The maximum atomic E-state index is 11.4. The number of aryl methyl sites for hydroxylation is 2. The molecule has 0 aliphatic rings. The fourth-order valence-corrected chi connectivity index (χ4v) is 1.85. The van der Waals surface area contributed by atoms with Gasteiger partial charge in [-0.2, -0.15) is 5.10 Å². The number of hydrogen-bond acceptors (Lipinski definition) is 4. The number of hydrogen-bond donors (Lipinski definition) is 1. The van der Waals surface area contributed by atoms with Crippen LogP contribution in [-0.2, 0) is 6.42 Å². The Morgan fingerprint density at radius 3 is 2.70 bits per heavy atom. The first-order chi connectivity index (χ1) is 9.52. The molecule has 2 rings (SSSR count). The zero-order chi connectivity index (χ0) is 14.7. The van der Waals surface area contributed by atoms with Crippen molar-refractivity contribution < 1.29 is 14.6 Å². The van der Waals surface area contributed by atoms with Gasteiger partial charge in [0, 0.05) is 0 Å². The van der Waals surface area contributed by atoms with E-state index in [1.165, 1.54) is 0 Å². The molecule has 104 valence electrons. The molecule has 0 radical (unpaired) electrons. The number of carboxylic acids is 1. The summed E-state index contributed by atoms with van der Waals surface area (Å²) in [5.41, 5.74) is 2.31. The molecule has 0 aliphatic heterocycles. The second-order valence-electron chi connectivity index (χ2n) is 4.50. The molecule has 0 atom stereocenters. The quantitative estimate of drug-likeness (QED) is 0.925. The average molecular weight is 272 g/mol. The number of ether oxygens (including phenoxy) is 1. The highest BCUT2D eigenvalue weighted by Gasteiger charge is 2.19. The molecule has 5 heteroatoms. The Bertz CT molecular complexity index is 654. The average Bonchev–Trinajstić information content (AvgIpc) is 2.43. The highest BCUT2D eigenvalue weighted by molar-refractivity contribution is 5.92. The normalized spacial score (nSPS) is 10.3. The summed E-state index contributed by atoms with van der Waals surface area (Å²) < 4.78 is 5.59. The van der Waals surface area contributed by atoms with Gasteiger partial charge in [-0.3, -0.25) is 0 Å².